The minimum atomic E-state index is -0.501. The van der Waals surface area contributed by atoms with E-state index in [1.807, 2.05) is 13.8 Å². The quantitative estimate of drug-likeness (QED) is 0.492. The minimum absolute atomic E-state index is 0.188. The highest BCUT2D eigenvalue weighted by Gasteiger charge is 2.50. The van der Waals surface area contributed by atoms with Crippen LogP contribution in [0.2, 0.25) is 0 Å². The fourth-order valence-corrected chi connectivity index (χ4v) is 4.09. The molecule has 0 aromatic carbocycles. The van der Waals surface area contributed by atoms with Gasteiger partial charge in [-0.15, -0.1) is 0 Å². The highest BCUT2D eigenvalue weighted by Crippen LogP contribution is 2.51. The highest BCUT2D eigenvalue weighted by molar-refractivity contribution is 9.09. The maximum Gasteiger partial charge on any atom is 0.123 e. The van der Waals surface area contributed by atoms with E-state index in [0.29, 0.717) is 30.8 Å². The summed E-state index contributed by atoms with van der Waals surface area (Å²) < 4.78 is 5.60. The van der Waals surface area contributed by atoms with E-state index in [1.165, 1.54) is 0 Å². The molecule has 0 amide bonds. The van der Waals surface area contributed by atoms with Crippen LogP contribution in [-0.2, 0) is 4.74 Å². The number of alkyl halides is 1. The summed E-state index contributed by atoms with van der Waals surface area (Å²) in [7, 11) is 0. The molecule has 0 aromatic heterocycles. The number of rotatable bonds is 3. The van der Waals surface area contributed by atoms with Crippen molar-refractivity contribution in [3.63, 3.8) is 0 Å². The molecule has 0 aliphatic heterocycles. The van der Waals surface area contributed by atoms with Gasteiger partial charge in [0, 0.05) is 10.7 Å². The SMILES string of the molecule is CC(C)(C#CC1CC2CC1C(Br)C2O)OCCC#N. The lowest BCUT2D eigenvalue weighted by Crippen LogP contribution is -2.32. The van der Waals surface area contributed by atoms with Crippen molar-refractivity contribution in [2.45, 2.75) is 49.6 Å². The topological polar surface area (TPSA) is 53.2 Å². The van der Waals surface area contributed by atoms with E-state index in [0.717, 1.165) is 12.8 Å². The molecule has 0 heterocycles. The molecule has 3 nitrogen and oxygen atoms in total. The van der Waals surface area contributed by atoms with Gasteiger partial charge in [0.2, 0.25) is 0 Å². The van der Waals surface area contributed by atoms with Gasteiger partial charge in [0.25, 0.3) is 0 Å². The van der Waals surface area contributed by atoms with Gasteiger partial charge in [-0.05, 0) is 38.5 Å². The molecule has 0 aromatic rings. The summed E-state index contributed by atoms with van der Waals surface area (Å²) in [5.74, 6) is 7.75. The number of ether oxygens (including phenoxy) is 1. The maximum atomic E-state index is 9.93. The van der Waals surface area contributed by atoms with Gasteiger partial charge in [-0.1, -0.05) is 27.8 Å². The van der Waals surface area contributed by atoms with E-state index in [2.05, 4.69) is 33.8 Å². The molecular formula is C15H20BrNO2. The number of hydrogen-bond donors (Lipinski definition) is 1. The molecular weight excluding hydrogens is 306 g/mol. The number of nitrogens with zero attached hydrogens (tertiary/aromatic N) is 1. The van der Waals surface area contributed by atoms with E-state index in [-0.39, 0.29) is 10.9 Å². The fraction of sp³-hybridized carbons (Fsp3) is 0.800. The van der Waals surface area contributed by atoms with Gasteiger partial charge in [0.05, 0.1) is 25.2 Å². The Hall–Kier alpha value is -0.550. The van der Waals surface area contributed by atoms with Crippen LogP contribution in [0, 0.1) is 40.9 Å². The van der Waals surface area contributed by atoms with Crippen LogP contribution >= 0.6 is 15.9 Å². The molecule has 2 saturated carbocycles. The van der Waals surface area contributed by atoms with E-state index in [4.69, 9.17) is 10.00 Å². The number of aliphatic hydroxyl groups excluding tert-OH is 1. The molecule has 104 valence electrons. The van der Waals surface area contributed by atoms with Crippen molar-refractivity contribution in [3.05, 3.63) is 0 Å². The predicted molar refractivity (Wildman–Crippen MR) is 76.5 cm³/mol. The summed E-state index contributed by atoms with van der Waals surface area (Å²) in [6.45, 7) is 4.30. The van der Waals surface area contributed by atoms with Crippen molar-refractivity contribution in [2.75, 3.05) is 6.61 Å². The Bertz CT molecular complexity index is 430. The summed E-state index contributed by atoms with van der Waals surface area (Å²) in [5.41, 5.74) is -0.501. The molecule has 5 atom stereocenters. The van der Waals surface area contributed by atoms with E-state index in [1.54, 1.807) is 0 Å². The van der Waals surface area contributed by atoms with E-state index in [9.17, 15) is 5.11 Å². The molecule has 2 aliphatic carbocycles. The standard InChI is InChI=1S/C15H20BrNO2/c1-15(2,19-7-3-6-17)5-4-10-8-11-9-12(10)13(16)14(11)18/h10-14,18H,3,7-9H2,1-2H3. The van der Waals surface area contributed by atoms with Gasteiger partial charge >= 0.3 is 0 Å². The third-order valence-corrected chi connectivity index (χ3v) is 5.32. The number of nitriles is 1. The Labute approximate surface area is 123 Å². The zero-order valence-corrected chi connectivity index (χ0v) is 13.0. The number of halogens is 1. The van der Waals surface area contributed by atoms with Crippen molar-refractivity contribution in [1.82, 2.24) is 0 Å². The molecule has 2 aliphatic rings. The van der Waals surface area contributed by atoms with Gasteiger partial charge in [0.15, 0.2) is 0 Å². The third-order valence-electron chi connectivity index (χ3n) is 4.10. The Morgan fingerprint density at radius 3 is 2.74 bits per heavy atom. The predicted octanol–water partition coefficient (Wildman–Crippen LogP) is 2.48. The smallest absolute Gasteiger partial charge is 0.123 e. The van der Waals surface area contributed by atoms with Crippen LogP contribution in [0.15, 0.2) is 0 Å². The second kappa shape index (κ2) is 5.83. The largest absolute Gasteiger partial charge is 0.392 e. The Morgan fingerprint density at radius 2 is 2.16 bits per heavy atom. The number of fused-ring (bicyclic) bond motifs is 2. The Kier molecular flexibility index (Phi) is 4.56. The maximum absolute atomic E-state index is 9.93. The van der Waals surface area contributed by atoms with Crippen LogP contribution < -0.4 is 0 Å². The Balaban J connectivity index is 1.92. The zero-order chi connectivity index (χ0) is 14.0. The van der Waals surface area contributed by atoms with Crippen LogP contribution in [0.4, 0.5) is 0 Å². The van der Waals surface area contributed by atoms with Crippen molar-refractivity contribution in [2.24, 2.45) is 17.8 Å². The van der Waals surface area contributed by atoms with Gasteiger partial charge in [-0.3, -0.25) is 0 Å². The summed E-state index contributed by atoms with van der Waals surface area (Å²) >= 11 is 3.59. The van der Waals surface area contributed by atoms with Crippen LogP contribution in [0.25, 0.3) is 0 Å². The molecule has 2 fully saturated rings. The minimum Gasteiger partial charge on any atom is -0.392 e. The molecule has 0 spiro atoms. The lowest BCUT2D eigenvalue weighted by atomic mass is 9.87. The molecule has 2 bridgehead atoms. The van der Waals surface area contributed by atoms with Gasteiger partial charge < -0.3 is 9.84 Å². The number of aliphatic hydroxyl groups is 1. The van der Waals surface area contributed by atoms with E-state index >= 15 is 0 Å². The first-order chi connectivity index (χ1) is 8.94. The first kappa shape index (κ1) is 14.9. The second-order valence-electron chi connectivity index (χ2n) is 5.97. The van der Waals surface area contributed by atoms with Crippen LogP contribution in [0.5, 0.6) is 0 Å². The normalized spacial score (nSPS) is 36.7. The Morgan fingerprint density at radius 1 is 1.42 bits per heavy atom. The molecule has 1 N–H and O–H groups in total. The lowest BCUT2D eigenvalue weighted by Gasteiger charge is -2.27. The lowest BCUT2D eigenvalue weighted by molar-refractivity contribution is 0.0305. The summed E-state index contributed by atoms with van der Waals surface area (Å²) in [5, 5.41) is 18.4. The number of hydrogen-bond acceptors (Lipinski definition) is 3. The first-order valence-corrected chi connectivity index (χ1v) is 7.72. The highest BCUT2D eigenvalue weighted by atomic mass is 79.9. The summed E-state index contributed by atoms with van der Waals surface area (Å²) in [6.07, 6.45) is 2.26. The van der Waals surface area contributed by atoms with Crippen LogP contribution in [0.1, 0.15) is 33.1 Å². The van der Waals surface area contributed by atoms with Crippen LogP contribution in [-0.4, -0.2) is 28.2 Å². The summed E-state index contributed by atoms with van der Waals surface area (Å²) in [6, 6.07) is 2.06. The molecule has 19 heavy (non-hydrogen) atoms. The van der Waals surface area contributed by atoms with Crippen molar-refractivity contribution >= 4 is 15.9 Å². The van der Waals surface area contributed by atoms with Gasteiger partial charge in [0.1, 0.15) is 5.60 Å². The van der Waals surface area contributed by atoms with Crippen molar-refractivity contribution < 1.29 is 9.84 Å². The monoisotopic (exact) mass is 325 g/mol. The molecule has 4 heteroatoms. The molecule has 0 saturated heterocycles. The van der Waals surface area contributed by atoms with Crippen LogP contribution in [0.3, 0.4) is 0 Å². The van der Waals surface area contributed by atoms with Crippen molar-refractivity contribution in [3.8, 4) is 17.9 Å². The summed E-state index contributed by atoms with van der Waals surface area (Å²) in [4.78, 5) is 0.188. The van der Waals surface area contributed by atoms with Crippen molar-refractivity contribution in [1.29, 1.82) is 5.26 Å². The second-order valence-corrected chi connectivity index (χ2v) is 7.03. The third kappa shape index (κ3) is 3.31. The van der Waals surface area contributed by atoms with Gasteiger partial charge in [-0.2, -0.15) is 5.26 Å². The zero-order valence-electron chi connectivity index (χ0n) is 11.4. The van der Waals surface area contributed by atoms with Gasteiger partial charge in [-0.25, -0.2) is 0 Å². The first-order valence-electron chi connectivity index (χ1n) is 6.80. The molecule has 5 unspecified atom stereocenters. The fourth-order valence-electron chi connectivity index (χ4n) is 3.08. The molecule has 2 rings (SSSR count). The average molecular weight is 326 g/mol. The average Bonchev–Trinajstić information content (AvgIpc) is 2.88. The molecule has 0 radical (unpaired) electrons. The van der Waals surface area contributed by atoms with E-state index < -0.39 is 5.60 Å².